The summed E-state index contributed by atoms with van der Waals surface area (Å²) in [7, 11) is 2.15. The van der Waals surface area contributed by atoms with Crippen LogP contribution in [0.25, 0.3) is 10.9 Å². The monoisotopic (exact) mass is 298 g/mol. The molecule has 0 radical (unpaired) electrons. The number of nitrogens with one attached hydrogen (secondary N) is 2. The van der Waals surface area contributed by atoms with Crippen LogP contribution in [0, 0.1) is 0 Å². The van der Waals surface area contributed by atoms with E-state index in [1.54, 1.807) is 6.20 Å². The van der Waals surface area contributed by atoms with Crippen molar-refractivity contribution in [2.45, 2.75) is 25.3 Å². The summed E-state index contributed by atoms with van der Waals surface area (Å²) in [5, 5.41) is 6.83. The molecule has 0 aliphatic carbocycles. The Morgan fingerprint density at radius 1 is 1.41 bits per heavy atom. The molecule has 22 heavy (non-hydrogen) atoms. The van der Waals surface area contributed by atoms with E-state index in [-0.39, 0.29) is 6.03 Å². The summed E-state index contributed by atoms with van der Waals surface area (Å²) in [6, 6.07) is 10.1. The molecule has 1 atom stereocenters. The van der Waals surface area contributed by atoms with Gasteiger partial charge in [0.2, 0.25) is 0 Å². The van der Waals surface area contributed by atoms with E-state index >= 15 is 0 Å². The van der Waals surface area contributed by atoms with Crippen LogP contribution in [-0.4, -0.2) is 42.1 Å². The van der Waals surface area contributed by atoms with Gasteiger partial charge in [-0.05, 0) is 57.1 Å². The Bertz CT molecular complexity index is 658. The lowest BCUT2D eigenvalue weighted by atomic mass is 10.1. The first-order valence-electron chi connectivity index (χ1n) is 7.82. The summed E-state index contributed by atoms with van der Waals surface area (Å²) >= 11 is 0. The fraction of sp³-hybridized carbons (Fsp3) is 0.412. The van der Waals surface area contributed by atoms with Crippen molar-refractivity contribution >= 4 is 22.6 Å². The molecule has 0 spiro atoms. The van der Waals surface area contributed by atoms with Gasteiger partial charge in [-0.1, -0.05) is 6.07 Å². The number of aromatic nitrogens is 1. The zero-order valence-electron chi connectivity index (χ0n) is 12.9. The Morgan fingerprint density at radius 2 is 2.32 bits per heavy atom. The second kappa shape index (κ2) is 6.75. The van der Waals surface area contributed by atoms with Crippen LogP contribution in [0.1, 0.15) is 19.3 Å². The maximum Gasteiger partial charge on any atom is 0.319 e. The number of hydrogen-bond acceptors (Lipinski definition) is 3. The van der Waals surface area contributed by atoms with Gasteiger partial charge in [-0.3, -0.25) is 4.98 Å². The van der Waals surface area contributed by atoms with E-state index < -0.39 is 0 Å². The normalized spacial score (nSPS) is 18.5. The molecule has 2 aromatic rings. The molecule has 1 aromatic carbocycles. The smallest absolute Gasteiger partial charge is 0.319 e. The van der Waals surface area contributed by atoms with Crippen molar-refractivity contribution in [1.29, 1.82) is 0 Å². The zero-order chi connectivity index (χ0) is 15.4. The minimum atomic E-state index is -0.149. The molecule has 116 valence electrons. The Morgan fingerprint density at radius 3 is 3.14 bits per heavy atom. The minimum absolute atomic E-state index is 0.149. The molecular weight excluding hydrogens is 276 g/mol. The lowest BCUT2D eigenvalue weighted by Gasteiger charge is -2.19. The summed E-state index contributed by atoms with van der Waals surface area (Å²) in [5.41, 5.74) is 1.72. The molecule has 1 saturated heterocycles. The molecule has 1 fully saturated rings. The van der Waals surface area contributed by atoms with Gasteiger partial charge in [0.05, 0.1) is 5.52 Å². The molecule has 2 heterocycles. The van der Waals surface area contributed by atoms with E-state index in [4.69, 9.17) is 0 Å². The maximum absolute atomic E-state index is 12.0. The third kappa shape index (κ3) is 3.54. The molecule has 1 aliphatic rings. The van der Waals surface area contributed by atoms with Crippen LogP contribution in [0.15, 0.2) is 36.5 Å². The van der Waals surface area contributed by atoms with Gasteiger partial charge in [0.25, 0.3) is 0 Å². The number of carbonyl (C=O) groups excluding carboxylic acids is 1. The third-order valence-electron chi connectivity index (χ3n) is 4.30. The van der Waals surface area contributed by atoms with E-state index in [1.807, 2.05) is 30.3 Å². The van der Waals surface area contributed by atoms with Crippen LogP contribution in [0.2, 0.25) is 0 Å². The average Bonchev–Trinajstić information content (AvgIpc) is 2.92. The summed E-state index contributed by atoms with van der Waals surface area (Å²) in [6.45, 7) is 1.87. The highest BCUT2D eigenvalue weighted by molar-refractivity contribution is 5.92. The van der Waals surface area contributed by atoms with Crippen LogP contribution in [0.4, 0.5) is 10.5 Å². The topological polar surface area (TPSA) is 57.3 Å². The highest BCUT2D eigenvalue weighted by atomic mass is 16.2. The highest BCUT2D eigenvalue weighted by Gasteiger charge is 2.20. The number of nitrogens with zero attached hydrogens (tertiary/aromatic N) is 2. The van der Waals surface area contributed by atoms with Crippen LogP contribution in [0.5, 0.6) is 0 Å². The van der Waals surface area contributed by atoms with Gasteiger partial charge in [0.1, 0.15) is 0 Å². The van der Waals surface area contributed by atoms with Crippen molar-refractivity contribution in [3.8, 4) is 0 Å². The van der Waals surface area contributed by atoms with E-state index in [2.05, 4.69) is 27.6 Å². The summed E-state index contributed by atoms with van der Waals surface area (Å²) in [6.07, 6.45) is 5.27. The van der Waals surface area contributed by atoms with Gasteiger partial charge in [-0.15, -0.1) is 0 Å². The van der Waals surface area contributed by atoms with E-state index in [0.717, 1.165) is 23.0 Å². The predicted octanol–water partition coefficient (Wildman–Crippen LogP) is 2.84. The number of rotatable bonds is 4. The number of amides is 2. The first-order valence-corrected chi connectivity index (χ1v) is 7.82. The number of benzene rings is 1. The van der Waals surface area contributed by atoms with Crippen LogP contribution in [0.3, 0.4) is 0 Å². The molecular formula is C17H22N4O. The molecule has 2 N–H and O–H groups in total. The van der Waals surface area contributed by atoms with Crippen LogP contribution in [-0.2, 0) is 0 Å². The maximum atomic E-state index is 12.0. The lowest BCUT2D eigenvalue weighted by molar-refractivity contribution is 0.249. The Labute approximate surface area is 130 Å². The fourth-order valence-corrected chi connectivity index (χ4v) is 3.02. The molecule has 0 unspecified atom stereocenters. The van der Waals surface area contributed by atoms with Crippen molar-refractivity contribution < 1.29 is 4.79 Å². The molecule has 5 nitrogen and oxygen atoms in total. The van der Waals surface area contributed by atoms with Gasteiger partial charge in [-0.25, -0.2) is 4.79 Å². The number of likely N-dealkylation sites (tertiary alicyclic amines) is 1. The second-order valence-corrected chi connectivity index (χ2v) is 5.86. The Kier molecular flexibility index (Phi) is 4.53. The number of carbonyl (C=O) groups is 1. The van der Waals surface area contributed by atoms with Gasteiger partial charge < -0.3 is 15.5 Å². The van der Waals surface area contributed by atoms with Gasteiger partial charge in [0, 0.05) is 29.9 Å². The molecule has 0 saturated carbocycles. The van der Waals surface area contributed by atoms with Crippen LogP contribution < -0.4 is 10.6 Å². The standard InChI is InChI=1S/C17H22N4O/c1-21-11-3-5-15(21)8-10-19-17(22)20-14-6-7-16-13(12-14)4-2-9-18-16/h2,4,6-7,9,12,15H,3,5,8,10-11H2,1H3,(H2,19,20,22)/t15-/m0/s1. The van der Waals surface area contributed by atoms with Crippen molar-refractivity contribution in [1.82, 2.24) is 15.2 Å². The number of urea groups is 1. The van der Waals surface area contributed by atoms with Crippen molar-refractivity contribution in [3.63, 3.8) is 0 Å². The Balaban J connectivity index is 1.50. The van der Waals surface area contributed by atoms with E-state index in [1.165, 1.54) is 19.4 Å². The predicted molar refractivity (Wildman–Crippen MR) is 89.0 cm³/mol. The second-order valence-electron chi connectivity index (χ2n) is 5.86. The fourth-order valence-electron chi connectivity index (χ4n) is 3.02. The highest BCUT2D eigenvalue weighted by Crippen LogP contribution is 2.18. The average molecular weight is 298 g/mol. The van der Waals surface area contributed by atoms with Crippen LogP contribution >= 0.6 is 0 Å². The van der Waals surface area contributed by atoms with Gasteiger partial charge in [-0.2, -0.15) is 0 Å². The SMILES string of the molecule is CN1CCC[C@H]1CCNC(=O)Nc1ccc2ncccc2c1. The molecule has 3 rings (SSSR count). The first-order chi connectivity index (χ1) is 10.7. The quantitative estimate of drug-likeness (QED) is 0.912. The van der Waals surface area contributed by atoms with Crippen molar-refractivity contribution in [2.75, 3.05) is 25.5 Å². The number of pyridine rings is 1. The van der Waals surface area contributed by atoms with Crippen molar-refractivity contribution in [3.05, 3.63) is 36.5 Å². The molecule has 0 bridgehead atoms. The minimum Gasteiger partial charge on any atom is -0.338 e. The number of fused-ring (bicyclic) bond motifs is 1. The lowest BCUT2D eigenvalue weighted by Crippen LogP contribution is -2.34. The third-order valence-corrected chi connectivity index (χ3v) is 4.30. The number of hydrogen-bond donors (Lipinski definition) is 2. The van der Waals surface area contributed by atoms with Gasteiger partial charge in [0.15, 0.2) is 0 Å². The van der Waals surface area contributed by atoms with E-state index in [0.29, 0.717) is 12.6 Å². The summed E-state index contributed by atoms with van der Waals surface area (Å²) < 4.78 is 0. The molecule has 1 aromatic heterocycles. The zero-order valence-corrected chi connectivity index (χ0v) is 12.9. The van der Waals surface area contributed by atoms with Gasteiger partial charge >= 0.3 is 6.03 Å². The molecule has 1 aliphatic heterocycles. The largest absolute Gasteiger partial charge is 0.338 e. The Hall–Kier alpha value is -2.14. The molecule has 5 heteroatoms. The summed E-state index contributed by atoms with van der Waals surface area (Å²) in [5.74, 6) is 0. The van der Waals surface area contributed by atoms with E-state index in [9.17, 15) is 4.79 Å². The molecule has 2 amide bonds. The first kappa shape index (κ1) is 14.8. The summed E-state index contributed by atoms with van der Waals surface area (Å²) in [4.78, 5) is 18.6. The number of anilines is 1. The van der Waals surface area contributed by atoms with Crippen molar-refractivity contribution in [2.24, 2.45) is 0 Å².